The van der Waals surface area contributed by atoms with Gasteiger partial charge in [0.25, 0.3) is 0 Å². The highest BCUT2D eigenvalue weighted by molar-refractivity contribution is 5.85. The van der Waals surface area contributed by atoms with E-state index in [9.17, 15) is 4.39 Å². The molecule has 136 valence electrons. The first-order valence-corrected chi connectivity index (χ1v) is 9.25. The summed E-state index contributed by atoms with van der Waals surface area (Å²) in [5.74, 6) is 0.479. The number of hydrogen-bond donors (Lipinski definition) is 2. The van der Waals surface area contributed by atoms with Crippen LogP contribution < -0.4 is 5.32 Å². The van der Waals surface area contributed by atoms with Crippen molar-refractivity contribution in [3.8, 4) is 11.3 Å². The monoisotopic (exact) mass is 353 g/mol. The maximum Gasteiger partial charge on any atom is 0.156 e. The number of likely N-dealkylation sites (N-methyl/N-ethyl adjacent to an activating group) is 1. The van der Waals surface area contributed by atoms with E-state index >= 15 is 0 Å². The summed E-state index contributed by atoms with van der Waals surface area (Å²) in [5.41, 5.74) is 2.48. The summed E-state index contributed by atoms with van der Waals surface area (Å²) in [6, 6.07) is 7.88. The lowest BCUT2D eigenvalue weighted by atomic mass is 10.0. The average molecular weight is 353 g/mol. The number of benzene rings is 1. The first-order valence-electron chi connectivity index (χ1n) is 9.25. The van der Waals surface area contributed by atoms with E-state index in [4.69, 9.17) is 0 Å². The normalized spacial score (nSPS) is 18.3. The van der Waals surface area contributed by atoms with Crippen molar-refractivity contribution in [1.29, 1.82) is 0 Å². The van der Waals surface area contributed by atoms with Crippen LogP contribution in [0.3, 0.4) is 0 Å². The third-order valence-electron chi connectivity index (χ3n) is 5.21. The van der Waals surface area contributed by atoms with E-state index in [2.05, 4.69) is 32.3 Å². The van der Waals surface area contributed by atoms with Crippen LogP contribution in [-0.2, 0) is 0 Å². The van der Waals surface area contributed by atoms with Gasteiger partial charge in [-0.15, -0.1) is 10.2 Å². The van der Waals surface area contributed by atoms with Crippen molar-refractivity contribution in [2.75, 3.05) is 25.0 Å². The Labute approximate surface area is 152 Å². The molecule has 0 radical (unpaired) electrons. The van der Waals surface area contributed by atoms with Crippen molar-refractivity contribution in [3.63, 3.8) is 0 Å². The number of piperidine rings is 1. The second kappa shape index (κ2) is 7.03. The van der Waals surface area contributed by atoms with Gasteiger partial charge in [-0.05, 0) is 56.6 Å². The SMILES string of the molecule is CCN1CCC[C@@H](Nc2cc(C)c(-c3ccc4cc[nH]c4c3F)nn2)C1. The Morgan fingerprint density at radius 2 is 2.19 bits per heavy atom. The number of aromatic nitrogens is 3. The topological polar surface area (TPSA) is 56.8 Å². The van der Waals surface area contributed by atoms with Crippen LogP contribution in [-0.4, -0.2) is 45.8 Å². The molecule has 0 saturated carbocycles. The van der Waals surface area contributed by atoms with Crippen LogP contribution in [0.25, 0.3) is 22.2 Å². The molecule has 4 rings (SSSR count). The van der Waals surface area contributed by atoms with E-state index < -0.39 is 0 Å². The summed E-state index contributed by atoms with van der Waals surface area (Å²) in [6.07, 6.45) is 4.07. The van der Waals surface area contributed by atoms with Gasteiger partial charge < -0.3 is 15.2 Å². The maximum absolute atomic E-state index is 14.8. The molecular formula is C20H24FN5. The molecule has 3 heterocycles. The summed E-state index contributed by atoms with van der Waals surface area (Å²) in [5, 5.41) is 13.0. The highest BCUT2D eigenvalue weighted by Crippen LogP contribution is 2.29. The van der Waals surface area contributed by atoms with Crippen LogP contribution in [0.1, 0.15) is 25.3 Å². The lowest BCUT2D eigenvalue weighted by molar-refractivity contribution is 0.226. The van der Waals surface area contributed by atoms with Crippen LogP contribution in [0.2, 0.25) is 0 Å². The number of aryl methyl sites for hydroxylation is 1. The van der Waals surface area contributed by atoms with E-state index in [-0.39, 0.29) is 5.82 Å². The number of halogens is 1. The summed E-state index contributed by atoms with van der Waals surface area (Å²) in [7, 11) is 0. The fourth-order valence-electron chi connectivity index (χ4n) is 3.77. The maximum atomic E-state index is 14.8. The molecule has 0 aliphatic carbocycles. The Morgan fingerprint density at radius 1 is 1.31 bits per heavy atom. The van der Waals surface area contributed by atoms with Crippen LogP contribution >= 0.6 is 0 Å². The highest BCUT2D eigenvalue weighted by atomic mass is 19.1. The number of rotatable bonds is 4. The Balaban J connectivity index is 1.58. The van der Waals surface area contributed by atoms with Gasteiger partial charge in [0.05, 0.1) is 11.2 Å². The molecule has 0 spiro atoms. The second-order valence-corrected chi connectivity index (χ2v) is 7.01. The number of aromatic amines is 1. The number of likely N-dealkylation sites (tertiary alicyclic amines) is 1. The molecule has 1 atom stereocenters. The number of hydrogen-bond acceptors (Lipinski definition) is 4. The molecule has 1 aliphatic heterocycles. The molecule has 3 aromatic rings. The van der Waals surface area contributed by atoms with Gasteiger partial charge in [0.15, 0.2) is 5.82 Å². The zero-order valence-electron chi connectivity index (χ0n) is 15.2. The average Bonchev–Trinajstić information content (AvgIpc) is 3.13. The van der Waals surface area contributed by atoms with Crippen molar-refractivity contribution in [1.82, 2.24) is 20.1 Å². The number of nitrogens with one attached hydrogen (secondary N) is 2. The Bertz CT molecular complexity index is 920. The summed E-state index contributed by atoms with van der Waals surface area (Å²) >= 11 is 0. The predicted molar refractivity (Wildman–Crippen MR) is 103 cm³/mol. The number of H-pyrrole nitrogens is 1. The molecule has 2 aromatic heterocycles. The minimum Gasteiger partial charge on any atom is -0.365 e. The van der Waals surface area contributed by atoms with E-state index in [1.165, 1.54) is 13.0 Å². The van der Waals surface area contributed by atoms with Crippen LogP contribution in [0.5, 0.6) is 0 Å². The molecule has 0 unspecified atom stereocenters. The quantitative estimate of drug-likeness (QED) is 0.745. The van der Waals surface area contributed by atoms with Crippen LogP contribution in [0, 0.1) is 12.7 Å². The predicted octanol–water partition coefficient (Wildman–Crippen LogP) is 3.97. The van der Waals surface area contributed by atoms with Gasteiger partial charge in [-0.3, -0.25) is 0 Å². The number of nitrogens with zero attached hydrogens (tertiary/aromatic N) is 3. The summed E-state index contributed by atoms with van der Waals surface area (Å²) < 4.78 is 14.8. The molecule has 6 heteroatoms. The molecule has 2 N–H and O–H groups in total. The third-order valence-corrected chi connectivity index (χ3v) is 5.21. The number of anilines is 1. The molecule has 26 heavy (non-hydrogen) atoms. The van der Waals surface area contributed by atoms with Gasteiger partial charge in [-0.25, -0.2) is 4.39 Å². The minimum atomic E-state index is -0.281. The van der Waals surface area contributed by atoms with Gasteiger partial charge in [-0.2, -0.15) is 0 Å². The summed E-state index contributed by atoms with van der Waals surface area (Å²) in [6.45, 7) is 7.40. The molecule has 1 fully saturated rings. The fourth-order valence-corrected chi connectivity index (χ4v) is 3.77. The van der Waals surface area contributed by atoms with Gasteiger partial charge in [0, 0.05) is 29.7 Å². The first-order chi connectivity index (χ1) is 12.7. The standard InChI is InChI=1S/C20H24FN5/c1-3-26-10-4-5-15(12-26)23-17-11-13(2)19(25-24-17)16-7-6-14-8-9-22-20(14)18(16)21/h6-9,11,15,22H,3-5,10,12H2,1-2H3,(H,23,24)/t15-/m1/s1. The van der Waals surface area contributed by atoms with E-state index in [1.807, 2.05) is 25.1 Å². The highest BCUT2D eigenvalue weighted by Gasteiger charge is 2.20. The molecule has 5 nitrogen and oxygen atoms in total. The zero-order valence-corrected chi connectivity index (χ0v) is 15.2. The third kappa shape index (κ3) is 3.17. The second-order valence-electron chi connectivity index (χ2n) is 7.01. The Kier molecular flexibility index (Phi) is 4.59. The van der Waals surface area contributed by atoms with E-state index in [1.54, 1.807) is 12.3 Å². The van der Waals surface area contributed by atoms with Crippen LogP contribution in [0.4, 0.5) is 10.2 Å². The number of fused-ring (bicyclic) bond motifs is 1. The summed E-state index contributed by atoms with van der Waals surface area (Å²) in [4.78, 5) is 5.39. The Morgan fingerprint density at radius 3 is 3.00 bits per heavy atom. The zero-order chi connectivity index (χ0) is 18.1. The van der Waals surface area contributed by atoms with Crippen molar-refractivity contribution in [2.24, 2.45) is 0 Å². The largest absolute Gasteiger partial charge is 0.365 e. The lowest BCUT2D eigenvalue weighted by Crippen LogP contribution is -2.42. The van der Waals surface area contributed by atoms with Crippen molar-refractivity contribution in [2.45, 2.75) is 32.7 Å². The molecule has 0 amide bonds. The molecule has 0 bridgehead atoms. The lowest BCUT2D eigenvalue weighted by Gasteiger charge is -2.32. The molecule has 1 aliphatic rings. The molecule has 1 aromatic carbocycles. The molecular weight excluding hydrogens is 329 g/mol. The van der Waals surface area contributed by atoms with E-state index in [0.717, 1.165) is 36.3 Å². The first kappa shape index (κ1) is 17.0. The van der Waals surface area contributed by atoms with Gasteiger partial charge in [0.1, 0.15) is 5.82 Å². The van der Waals surface area contributed by atoms with Crippen LogP contribution in [0.15, 0.2) is 30.5 Å². The van der Waals surface area contributed by atoms with Gasteiger partial charge in [-0.1, -0.05) is 13.0 Å². The van der Waals surface area contributed by atoms with Gasteiger partial charge >= 0.3 is 0 Å². The smallest absolute Gasteiger partial charge is 0.156 e. The minimum absolute atomic E-state index is 0.281. The molecule has 1 saturated heterocycles. The Hall–Kier alpha value is -2.47. The van der Waals surface area contributed by atoms with E-state index in [0.29, 0.717) is 22.8 Å². The van der Waals surface area contributed by atoms with Gasteiger partial charge in [0.2, 0.25) is 0 Å². The fraction of sp³-hybridized carbons (Fsp3) is 0.400. The van der Waals surface area contributed by atoms with Crippen molar-refractivity contribution >= 4 is 16.7 Å². The van der Waals surface area contributed by atoms with Crippen molar-refractivity contribution in [3.05, 3.63) is 41.8 Å². The van der Waals surface area contributed by atoms with Crippen molar-refractivity contribution < 1.29 is 4.39 Å².